The van der Waals surface area contributed by atoms with E-state index in [1.165, 1.54) is 13.2 Å². The summed E-state index contributed by atoms with van der Waals surface area (Å²) in [7, 11) is 6.75. The summed E-state index contributed by atoms with van der Waals surface area (Å²) in [6.07, 6.45) is 4.29. The number of hydrogen-bond acceptors (Lipinski definition) is 5. The average molecular weight is 334 g/mol. The Balaban J connectivity index is 2.59. The fraction of sp³-hybridized carbons (Fsp3) is 0.444. The van der Waals surface area contributed by atoms with Gasteiger partial charge in [-0.05, 0) is 44.6 Å². The van der Waals surface area contributed by atoms with E-state index in [1.807, 2.05) is 43.3 Å². The molecule has 0 bridgehead atoms. The van der Waals surface area contributed by atoms with Crippen molar-refractivity contribution in [2.24, 2.45) is 0 Å². The quantitative estimate of drug-likeness (QED) is 0.546. The lowest BCUT2D eigenvalue weighted by molar-refractivity contribution is -0.144. The second-order valence-electron chi connectivity index (χ2n) is 5.64. The van der Waals surface area contributed by atoms with Gasteiger partial charge in [0.25, 0.3) is 0 Å². The molecule has 1 unspecified atom stereocenters. The molecule has 1 amide bonds. The molecule has 0 aliphatic rings. The number of esters is 1. The van der Waals surface area contributed by atoms with Crippen LogP contribution in [0.1, 0.15) is 12.0 Å². The molecule has 0 aliphatic heterocycles. The monoisotopic (exact) mass is 334 g/mol. The number of carbonyl (C=O) groups excluding carboxylic acids is 2. The van der Waals surface area contributed by atoms with Gasteiger partial charge in [-0.2, -0.15) is 0 Å². The number of carbonyl (C=O) groups is 2. The van der Waals surface area contributed by atoms with Crippen molar-refractivity contribution in [2.75, 3.05) is 34.9 Å². The Hall–Kier alpha value is -2.34. The topological polar surface area (TPSA) is 67.9 Å². The zero-order valence-electron chi connectivity index (χ0n) is 14.7. The molecule has 0 radical (unpaired) electrons. The van der Waals surface area contributed by atoms with E-state index in [9.17, 15) is 9.59 Å². The first-order valence-electron chi connectivity index (χ1n) is 7.78. The van der Waals surface area contributed by atoms with Crippen LogP contribution in [0.4, 0.5) is 0 Å². The molecular weight excluding hydrogens is 308 g/mol. The lowest BCUT2D eigenvalue weighted by Gasteiger charge is -2.15. The van der Waals surface area contributed by atoms with Crippen molar-refractivity contribution in [1.29, 1.82) is 0 Å². The molecule has 1 rings (SSSR count). The Kier molecular flexibility index (Phi) is 8.57. The molecule has 132 valence electrons. The van der Waals surface area contributed by atoms with E-state index in [4.69, 9.17) is 9.47 Å². The maximum atomic E-state index is 11.9. The molecule has 6 heteroatoms. The predicted molar refractivity (Wildman–Crippen MR) is 93.0 cm³/mol. The molecule has 0 aromatic heterocycles. The maximum absolute atomic E-state index is 11.9. The smallest absolute Gasteiger partial charge is 0.328 e. The summed E-state index contributed by atoms with van der Waals surface area (Å²) in [5, 5.41) is 2.69. The number of rotatable bonds is 9. The molecule has 1 atom stereocenters. The second kappa shape index (κ2) is 10.4. The average Bonchev–Trinajstić information content (AvgIpc) is 2.58. The molecule has 6 nitrogen and oxygen atoms in total. The summed E-state index contributed by atoms with van der Waals surface area (Å²) in [6.45, 7) is 0.655. The third kappa shape index (κ3) is 7.28. The fourth-order valence-electron chi connectivity index (χ4n) is 2.08. The first-order valence-corrected chi connectivity index (χ1v) is 7.78. The summed E-state index contributed by atoms with van der Waals surface area (Å²) in [6, 6.07) is 6.93. The molecule has 0 fully saturated rings. The van der Waals surface area contributed by atoms with Crippen molar-refractivity contribution in [3.63, 3.8) is 0 Å². The Morgan fingerprint density at radius 1 is 1.21 bits per heavy atom. The number of hydrogen-bond donors (Lipinski definition) is 1. The van der Waals surface area contributed by atoms with Gasteiger partial charge in [0.2, 0.25) is 5.91 Å². The molecular formula is C18H26N2O4. The van der Waals surface area contributed by atoms with Gasteiger partial charge in [0.15, 0.2) is 0 Å². The number of nitrogens with one attached hydrogen (secondary N) is 1. The zero-order chi connectivity index (χ0) is 17.9. The fourth-order valence-corrected chi connectivity index (χ4v) is 2.08. The number of nitrogens with zero attached hydrogens (tertiary/aromatic N) is 1. The Morgan fingerprint density at radius 3 is 2.42 bits per heavy atom. The number of aryl methyl sites for hydroxylation is 1. The Morgan fingerprint density at radius 2 is 1.88 bits per heavy atom. The van der Waals surface area contributed by atoms with Gasteiger partial charge in [0.05, 0.1) is 14.2 Å². The first kappa shape index (κ1) is 19.7. The summed E-state index contributed by atoms with van der Waals surface area (Å²) in [4.78, 5) is 25.7. The molecule has 1 aromatic rings. The number of likely N-dealkylation sites (N-methyl/N-ethyl adjacent to an activating group) is 1. The lowest BCUT2D eigenvalue weighted by Crippen LogP contribution is -2.41. The third-order valence-corrected chi connectivity index (χ3v) is 3.42. The van der Waals surface area contributed by atoms with Crippen molar-refractivity contribution >= 4 is 11.9 Å². The van der Waals surface area contributed by atoms with Crippen molar-refractivity contribution in [1.82, 2.24) is 10.2 Å². The molecule has 1 aromatic carbocycles. The van der Waals surface area contributed by atoms with Gasteiger partial charge in [0, 0.05) is 12.6 Å². The van der Waals surface area contributed by atoms with E-state index in [-0.39, 0.29) is 5.91 Å². The van der Waals surface area contributed by atoms with Crippen LogP contribution in [0.2, 0.25) is 0 Å². The van der Waals surface area contributed by atoms with Crippen LogP contribution in [0.3, 0.4) is 0 Å². The molecule has 1 N–H and O–H groups in total. The van der Waals surface area contributed by atoms with Crippen LogP contribution in [-0.2, 0) is 20.7 Å². The largest absolute Gasteiger partial charge is 0.497 e. The van der Waals surface area contributed by atoms with Crippen LogP contribution >= 0.6 is 0 Å². The van der Waals surface area contributed by atoms with Crippen LogP contribution in [0.15, 0.2) is 36.4 Å². The minimum atomic E-state index is -0.673. The standard InChI is InChI=1S/C18H26N2O4/c1-20(2)13-5-6-17(21)19-16(18(22)24-4)12-9-14-7-10-15(23-3)11-8-14/h5-8,10-11,16H,9,12-13H2,1-4H3,(H,19,21)/b6-5+. The van der Waals surface area contributed by atoms with E-state index < -0.39 is 12.0 Å². The van der Waals surface area contributed by atoms with E-state index in [0.717, 1.165) is 11.3 Å². The molecule has 0 saturated carbocycles. The molecule has 0 spiro atoms. The van der Waals surface area contributed by atoms with Crippen molar-refractivity contribution < 1.29 is 19.1 Å². The molecule has 0 heterocycles. The number of amides is 1. The van der Waals surface area contributed by atoms with Crippen molar-refractivity contribution in [3.8, 4) is 5.75 Å². The number of methoxy groups -OCH3 is 2. The van der Waals surface area contributed by atoms with Crippen LogP contribution < -0.4 is 10.1 Å². The van der Waals surface area contributed by atoms with Gasteiger partial charge in [-0.3, -0.25) is 4.79 Å². The minimum Gasteiger partial charge on any atom is -0.497 e. The SMILES string of the molecule is COC(=O)C(CCc1ccc(OC)cc1)NC(=O)/C=C/CN(C)C. The van der Waals surface area contributed by atoms with Crippen molar-refractivity contribution in [3.05, 3.63) is 42.0 Å². The van der Waals surface area contributed by atoms with Crippen LogP contribution in [-0.4, -0.2) is 57.7 Å². The van der Waals surface area contributed by atoms with Gasteiger partial charge in [-0.1, -0.05) is 18.2 Å². The van der Waals surface area contributed by atoms with E-state index in [2.05, 4.69) is 5.32 Å². The first-order chi connectivity index (χ1) is 11.5. The predicted octanol–water partition coefficient (Wildman–Crippen LogP) is 1.40. The molecule has 24 heavy (non-hydrogen) atoms. The summed E-state index contributed by atoms with van der Waals surface area (Å²) >= 11 is 0. The highest BCUT2D eigenvalue weighted by Crippen LogP contribution is 2.13. The van der Waals surface area contributed by atoms with E-state index in [0.29, 0.717) is 19.4 Å². The van der Waals surface area contributed by atoms with Crippen molar-refractivity contribution in [2.45, 2.75) is 18.9 Å². The van der Waals surface area contributed by atoms with Gasteiger partial charge in [-0.15, -0.1) is 0 Å². The van der Waals surface area contributed by atoms with E-state index >= 15 is 0 Å². The number of benzene rings is 1. The van der Waals surface area contributed by atoms with Gasteiger partial charge >= 0.3 is 5.97 Å². The minimum absolute atomic E-state index is 0.304. The second-order valence-corrected chi connectivity index (χ2v) is 5.64. The maximum Gasteiger partial charge on any atom is 0.328 e. The zero-order valence-corrected chi connectivity index (χ0v) is 14.7. The van der Waals surface area contributed by atoms with Crippen LogP contribution in [0.25, 0.3) is 0 Å². The van der Waals surface area contributed by atoms with Gasteiger partial charge in [-0.25, -0.2) is 4.79 Å². The highest BCUT2D eigenvalue weighted by Gasteiger charge is 2.20. The van der Waals surface area contributed by atoms with Crippen LogP contribution in [0, 0.1) is 0 Å². The normalized spacial score (nSPS) is 12.2. The van der Waals surface area contributed by atoms with E-state index in [1.54, 1.807) is 13.2 Å². The van der Waals surface area contributed by atoms with Gasteiger partial charge < -0.3 is 19.7 Å². The highest BCUT2D eigenvalue weighted by atomic mass is 16.5. The summed E-state index contributed by atoms with van der Waals surface area (Å²) in [5.74, 6) is 0.0300. The summed E-state index contributed by atoms with van der Waals surface area (Å²) in [5.41, 5.74) is 1.06. The Labute approximate surface area is 143 Å². The molecule has 0 saturated heterocycles. The van der Waals surface area contributed by atoms with Gasteiger partial charge in [0.1, 0.15) is 11.8 Å². The number of ether oxygens (including phenoxy) is 2. The van der Waals surface area contributed by atoms with Crippen LogP contribution in [0.5, 0.6) is 5.75 Å². The molecule has 0 aliphatic carbocycles. The Bertz CT molecular complexity index is 553. The third-order valence-electron chi connectivity index (χ3n) is 3.42. The summed E-state index contributed by atoms with van der Waals surface area (Å²) < 4.78 is 9.89. The highest BCUT2D eigenvalue weighted by molar-refractivity contribution is 5.91. The lowest BCUT2D eigenvalue weighted by atomic mass is 10.0.